The van der Waals surface area contributed by atoms with Crippen LogP contribution in [0.1, 0.15) is 11.4 Å². The Labute approximate surface area is 106 Å². The molecule has 2 N–H and O–H groups in total. The van der Waals surface area contributed by atoms with Crippen molar-refractivity contribution in [3.63, 3.8) is 0 Å². The minimum Gasteiger partial charge on any atom is -0.358 e. The fourth-order valence-electron chi connectivity index (χ4n) is 1.33. The smallest absolute Gasteiger partial charge is 0.216 e. The molecule has 0 saturated heterocycles. The van der Waals surface area contributed by atoms with Crippen molar-refractivity contribution in [3.8, 4) is 6.07 Å². The van der Waals surface area contributed by atoms with Gasteiger partial charge in [0.25, 0.3) is 0 Å². The zero-order valence-electron chi connectivity index (χ0n) is 9.78. The predicted octanol–water partition coefficient (Wildman–Crippen LogP) is 1.76. The number of allylic oxidation sites excluding steroid dienone is 1. The van der Waals surface area contributed by atoms with Crippen LogP contribution in [0.2, 0.25) is 0 Å². The van der Waals surface area contributed by atoms with E-state index in [0.29, 0.717) is 0 Å². The van der Waals surface area contributed by atoms with Crippen molar-refractivity contribution in [1.29, 1.82) is 5.26 Å². The molecule has 0 spiro atoms. The number of aromatic amines is 1. The molecule has 0 aliphatic heterocycles. The van der Waals surface area contributed by atoms with E-state index in [1.54, 1.807) is 0 Å². The number of rotatable bonds is 3. The number of aryl methyl sites for hydroxylation is 1. The maximum absolute atomic E-state index is 13.6. The molecule has 96 valence electrons. The second-order valence-electron chi connectivity index (χ2n) is 3.61. The molecule has 19 heavy (non-hydrogen) atoms. The molecule has 8 heteroatoms. The number of halogens is 2. The molecular formula is C11H8F2N6. The van der Waals surface area contributed by atoms with Crippen LogP contribution in [0.5, 0.6) is 0 Å². The minimum atomic E-state index is -1.01. The van der Waals surface area contributed by atoms with Gasteiger partial charge in [-0.3, -0.25) is 0 Å². The molecule has 0 fully saturated rings. The number of anilines is 1. The van der Waals surface area contributed by atoms with Crippen LogP contribution >= 0.6 is 0 Å². The van der Waals surface area contributed by atoms with Crippen LogP contribution in [0.15, 0.2) is 18.3 Å². The number of nitrogens with zero attached hydrogens (tertiary/aromatic N) is 4. The van der Waals surface area contributed by atoms with E-state index in [0.717, 1.165) is 0 Å². The van der Waals surface area contributed by atoms with Crippen LogP contribution in [-0.4, -0.2) is 20.6 Å². The van der Waals surface area contributed by atoms with E-state index in [1.807, 2.05) is 6.07 Å². The van der Waals surface area contributed by atoms with Crippen LogP contribution in [-0.2, 0) is 0 Å². The second-order valence-corrected chi connectivity index (χ2v) is 3.61. The molecular weight excluding hydrogens is 254 g/mol. The van der Waals surface area contributed by atoms with Crippen molar-refractivity contribution in [2.75, 3.05) is 5.32 Å². The van der Waals surface area contributed by atoms with E-state index in [4.69, 9.17) is 5.26 Å². The second kappa shape index (κ2) is 5.22. The van der Waals surface area contributed by atoms with E-state index in [1.165, 1.54) is 25.3 Å². The van der Waals surface area contributed by atoms with Gasteiger partial charge in [-0.15, -0.1) is 10.2 Å². The molecule has 0 saturated carbocycles. The Balaban J connectivity index is 2.28. The van der Waals surface area contributed by atoms with E-state index >= 15 is 0 Å². The van der Waals surface area contributed by atoms with Crippen molar-refractivity contribution in [3.05, 3.63) is 41.4 Å². The van der Waals surface area contributed by atoms with Crippen LogP contribution in [0, 0.1) is 29.9 Å². The van der Waals surface area contributed by atoms with E-state index < -0.39 is 11.6 Å². The first kappa shape index (κ1) is 12.6. The highest BCUT2D eigenvalue weighted by atomic mass is 19.2. The first-order valence-electron chi connectivity index (χ1n) is 5.18. The molecule has 6 nitrogen and oxygen atoms in total. The van der Waals surface area contributed by atoms with Crippen LogP contribution in [0.25, 0.3) is 5.57 Å². The molecule has 0 aliphatic carbocycles. The van der Waals surface area contributed by atoms with Crippen molar-refractivity contribution in [2.45, 2.75) is 6.92 Å². The van der Waals surface area contributed by atoms with Crippen molar-refractivity contribution >= 4 is 11.3 Å². The number of benzene rings is 1. The normalized spacial score (nSPS) is 11.2. The molecule has 1 aromatic carbocycles. The largest absolute Gasteiger partial charge is 0.358 e. The number of tetrazole rings is 1. The number of H-pyrrole nitrogens is 1. The Kier molecular flexibility index (Phi) is 3.47. The zero-order chi connectivity index (χ0) is 13.8. The van der Waals surface area contributed by atoms with Crippen LogP contribution < -0.4 is 5.32 Å². The monoisotopic (exact) mass is 262 g/mol. The molecule has 1 heterocycles. The van der Waals surface area contributed by atoms with Crippen molar-refractivity contribution in [1.82, 2.24) is 20.6 Å². The minimum absolute atomic E-state index is 0.0362. The average molecular weight is 262 g/mol. The fourth-order valence-corrected chi connectivity index (χ4v) is 1.33. The number of hydrogen-bond acceptors (Lipinski definition) is 5. The number of hydrogen-bond donors (Lipinski definition) is 2. The topological polar surface area (TPSA) is 90.3 Å². The lowest BCUT2D eigenvalue weighted by molar-refractivity contribution is 0.506. The molecule has 2 rings (SSSR count). The van der Waals surface area contributed by atoms with Gasteiger partial charge in [0.1, 0.15) is 11.6 Å². The summed E-state index contributed by atoms with van der Waals surface area (Å²) in [5.41, 5.74) is 0.152. The SMILES string of the molecule is Cc1ccc(NC=C(C#N)c2nn[nH]n2)c(F)c1F. The van der Waals surface area contributed by atoms with Gasteiger partial charge in [-0.25, -0.2) is 8.78 Å². The molecule has 0 unspecified atom stereocenters. The summed E-state index contributed by atoms with van der Waals surface area (Å²) in [5, 5.41) is 24.1. The average Bonchev–Trinajstić information content (AvgIpc) is 2.93. The quantitative estimate of drug-likeness (QED) is 0.822. The molecule has 1 aromatic heterocycles. The first-order chi connectivity index (χ1) is 9.13. The Hall–Kier alpha value is -2.82. The fraction of sp³-hybridized carbons (Fsp3) is 0.0909. The highest BCUT2D eigenvalue weighted by Crippen LogP contribution is 2.20. The van der Waals surface area contributed by atoms with E-state index in [2.05, 4.69) is 25.9 Å². The molecule has 0 radical (unpaired) electrons. The Morgan fingerprint density at radius 3 is 2.84 bits per heavy atom. The van der Waals surface area contributed by atoms with Crippen LogP contribution in [0.3, 0.4) is 0 Å². The standard InChI is InChI=1S/C11H8F2N6/c1-6-2-3-8(10(13)9(6)12)15-5-7(4-14)11-16-18-19-17-11/h2-3,5,15H,1H3,(H,16,17,18,19). The van der Waals surface area contributed by atoms with Gasteiger partial charge >= 0.3 is 0 Å². The molecule has 0 amide bonds. The summed E-state index contributed by atoms with van der Waals surface area (Å²) in [5.74, 6) is -1.89. The predicted molar refractivity (Wildman–Crippen MR) is 62.5 cm³/mol. The Morgan fingerprint density at radius 1 is 1.42 bits per heavy atom. The lowest BCUT2D eigenvalue weighted by Crippen LogP contribution is -1.98. The van der Waals surface area contributed by atoms with Gasteiger partial charge in [-0.1, -0.05) is 6.07 Å². The summed E-state index contributed by atoms with van der Waals surface area (Å²) in [6.07, 6.45) is 1.18. The summed E-state index contributed by atoms with van der Waals surface area (Å²) in [6.45, 7) is 1.46. The number of nitriles is 1. The van der Waals surface area contributed by atoms with Gasteiger partial charge in [0.2, 0.25) is 5.82 Å². The zero-order valence-corrected chi connectivity index (χ0v) is 9.78. The summed E-state index contributed by atoms with van der Waals surface area (Å²) in [6, 6.07) is 4.61. The highest BCUT2D eigenvalue weighted by Gasteiger charge is 2.11. The third-order valence-corrected chi connectivity index (χ3v) is 2.35. The van der Waals surface area contributed by atoms with Crippen molar-refractivity contribution < 1.29 is 8.78 Å². The number of aromatic nitrogens is 4. The third kappa shape index (κ3) is 2.55. The first-order valence-corrected chi connectivity index (χ1v) is 5.18. The molecule has 0 aliphatic rings. The van der Waals surface area contributed by atoms with Gasteiger partial charge in [0.05, 0.1) is 5.69 Å². The molecule has 0 atom stereocenters. The maximum atomic E-state index is 13.6. The van der Waals surface area contributed by atoms with E-state index in [9.17, 15) is 8.78 Å². The van der Waals surface area contributed by atoms with Crippen LogP contribution in [0.4, 0.5) is 14.5 Å². The summed E-state index contributed by atoms with van der Waals surface area (Å²) < 4.78 is 26.9. The lowest BCUT2D eigenvalue weighted by Gasteiger charge is -2.05. The van der Waals surface area contributed by atoms with Gasteiger partial charge in [0.15, 0.2) is 11.6 Å². The highest BCUT2D eigenvalue weighted by molar-refractivity contribution is 5.74. The van der Waals surface area contributed by atoms with Gasteiger partial charge < -0.3 is 5.32 Å². The Bertz CT molecular complexity index is 657. The van der Waals surface area contributed by atoms with Crippen molar-refractivity contribution in [2.24, 2.45) is 0 Å². The summed E-state index contributed by atoms with van der Waals surface area (Å²) in [7, 11) is 0. The Morgan fingerprint density at radius 2 is 2.21 bits per heavy atom. The van der Waals surface area contributed by atoms with Gasteiger partial charge in [-0.2, -0.15) is 10.5 Å². The number of nitrogens with one attached hydrogen (secondary N) is 2. The molecule has 0 bridgehead atoms. The summed E-state index contributed by atoms with van der Waals surface area (Å²) >= 11 is 0. The lowest BCUT2D eigenvalue weighted by atomic mass is 10.2. The van der Waals surface area contributed by atoms with Gasteiger partial charge in [0, 0.05) is 6.20 Å². The third-order valence-electron chi connectivity index (χ3n) is 2.35. The van der Waals surface area contributed by atoms with Gasteiger partial charge in [-0.05, 0) is 23.8 Å². The maximum Gasteiger partial charge on any atom is 0.216 e. The van der Waals surface area contributed by atoms with E-state index in [-0.39, 0.29) is 22.6 Å². The summed E-state index contributed by atoms with van der Waals surface area (Å²) in [4.78, 5) is 0. The molecule has 2 aromatic rings.